The quantitative estimate of drug-likeness (QED) is 0.0169. The molecular formula is C75H134O17P2. The van der Waals surface area contributed by atoms with Gasteiger partial charge in [-0.05, 0) is 116 Å². The predicted octanol–water partition coefficient (Wildman–Crippen LogP) is 20.9. The van der Waals surface area contributed by atoms with Gasteiger partial charge in [0.1, 0.15) is 19.3 Å². The highest BCUT2D eigenvalue weighted by Gasteiger charge is 2.30. The van der Waals surface area contributed by atoms with Gasteiger partial charge in [-0.15, -0.1) is 0 Å². The SMILES string of the molecule is CC/C=C\C/C=C\C/C=C\CCCCCCCC(=O)OCC(COP(=O)(O)OCC(O)COP(=O)(O)OCC(COC(=O)CCCCCCC/C=C\CCCCCC)OC(=O)CCCCCCCCCCCCC)OC(=O)CCCCCCC/C=C\C/C=C\CCCCC. The van der Waals surface area contributed by atoms with E-state index in [0.717, 1.165) is 161 Å². The van der Waals surface area contributed by atoms with Crippen molar-refractivity contribution < 1.29 is 80.2 Å². The number of unbranched alkanes of at least 4 members (excludes halogenated alkanes) is 32. The first-order chi connectivity index (χ1) is 45.7. The van der Waals surface area contributed by atoms with Gasteiger partial charge in [-0.3, -0.25) is 37.3 Å². The highest BCUT2D eigenvalue weighted by atomic mass is 31.2. The lowest BCUT2D eigenvalue weighted by atomic mass is 10.1. The molecule has 0 fully saturated rings. The van der Waals surface area contributed by atoms with Crippen molar-refractivity contribution in [3.8, 4) is 0 Å². The average Bonchev–Trinajstić information content (AvgIpc) is 1.36. The van der Waals surface area contributed by atoms with E-state index in [0.29, 0.717) is 25.7 Å². The maximum absolute atomic E-state index is 13.1. The number of carbonyl (C=O) groups excluding carboxylic acids is 4. The summed E-state index contributed by atoms with van der Waals surface area (Å²) in [6.07, 6.45) is 66.1. The summed E-state index contributed by atoms with van der Waals surface area (Å²) >= 11 is 0. The van der Waals surface area contributed by atoms with Crippen LogP contribution in [0.2, 0.25) is 0 Å². The fourth-order valence-corrected chi connectivity index (χ4v) is 11.5. The van der Waals surface area contributed by atoms with Crippen LogP contribution in [0.25, 0.3) is 0 Å². The fourth-order valence-electron chi connectivity index (χ4n) is 9.97. The summed E-state index contributed by atoms with van der Waals surface area (Å²) in [6, 6.07) is 0. The van der Waals surface area contributed by atoms with Gasteiger partial charge in [0.15, 0.2) is 12.2 Å². The first-order valence-corrected chi connectivity index (χ1v) is 40.2. The van der Waals surface area contributed by atoms with Gasteiger partial charge in [-0.2, -0.15) is 0 Å². The number of ether oxygens (including phenoxy) is 4. The molecule has 0 aliphatic carbocycles. The van der Waals surface area contributed by atoms with Gasteiger partial charge >= 0.3 is 39.5 Å². The summed E-state index contributed by atoms with van der Waals surface area (Å²) in [5.74, 6) is -2.20. The van der Waals surface area contributed by atoms with E-state index in [4.69, 9.17) is 37.0 Å². The molecule has 0 saturated carbocycles. The van der Waals surface area contributed by atoms with Gasteiger partial charge in [0.05, 0.1) is 26.4 Å². The number of hydrogen-bond donors (Lipinski definition) is 3. The van der Waals surface area contributed by atoms with Gasteiger partial charge in [0, 0.05) is 25.7 Å². The van der Waals surface area contributed by atoms with Crippen LogP contribution >= 0.6 is 15.6 Å². The van der Waals surface area contributed by atoms with Crippen LogP contribution in [0.3, 0.4) is 0 Å². The Kier molecular flexibility index (Phi) is 65.5. The van der Waals surface area contributed by atoms with Crippen molar-refractivity contribution >= 4 is 39.5 Å². The van der Waals surface area contributed by atoms with Crippen LogP contribution in [-0.4, -0.2) is 96.7 Å². The Labute approximate surface area is 571 Å². The van der Waals surface area contributed by atoms with Crippen molar-refractivity contribution in [3.63, 3.8) is 0 Å². The van der Waals surface area contributed by atoms with Crippen LogP contribution < -0.4 is 0 Å². The molecule has 0 aromatic rings. The largest absolute Gasteiger partial charge is 0.472 e. The molecule has 0 amide bonds. The van der Waals surface area contributed by atoms with Gasteiger partial charge < -0.3 is 33.8 Å². The lowest BCUT2D eigenvalue weighted by Crippen LogP contribution is -2.30. The van der Waals surface area contributed by atoms with E-state index in [1.54, 1.807) is 0 Å². The second-order valence-corrected chi connectivity index (χ2v) is 27.8. The second kappa shape index (κ2) is 68.0. The summed E-state index contributed by atoms with van der Waals surface area (Å²) in [4.78, 5) is 72.7. The Bertz CT molecular complexity index is 2070. The molecule has 546 valence electrons. The van der Waals surface area contributed by atoms with Crippen molar-refractivity contribution in [1.82, 2.24) is 0 Å². The number of esters is 4. The van der Waals surface area contributed by atoms with Crippen molar-refractivity contribution in [1.29, 1.82) is 0 Å². The molecule has 0 bridgehead atoms. The van der Waals surface area contributed by atoms with Crippen molar-refractivity contribution in [2.75, 3.05) is 39.6 Å². The number of phosphoric acid groups is 2. The molecule has 0 aliphatic heterocycles. The summed E-state index contributed by atoms with van der Waals surface area (Å²) in [6.45, 7) is 4.69. The normalized spacial score (nSPS) is 14.4. The zero-order chi connectivity index (χ0) is 69.0. The average molecular weight is 1370 g/mol. The third-order valence-electron chi connectivity index (χ3n) is 15.7. The fraction of sp³-hybridized carbons (Fsp3) is 0.787. The van der Waals surface area contributed by atoms with Crippen molar-refractivity contribution in [3.05, 3.63) is 72.9 Å². The number of aliphatic hydroxyl groups is 1. The van der Waals surface area contributed by atoms with Crippen LogP contribution in [0.1, 0.15) is 323 Å². The first-order valence-electron chi connectivity index (χ1n) is 37.2. The summed E-state index contributed by atoms with van der Waals surface area (Å²) < 4.78 is 68.3. The van der Waals surface area contributed by atoms with Crippen LogP contribution in [-0.2, 0) is 65.4 Å². The molecule has 0 rings (SSSR count). The van der Waals surface area contributed by atoms with Gasteiger partial charge in [0.25, 0.3) is 0 Å². The number of aliphatic hydroxyl groups excluding tert-OH is 1. The molecule has 5 atom stereocenters. The van der Waals surface area contributed by atoms with Crippen LogP contribution in [0.15, 0.2) is 72.9 Å². The Morgan fingerprint density at radius 3 is 0.894 bits per heavy atom. The van der Waals surface area contributed by atoms with E-state index in [1.165, 1.54) is 83.5 Å². The number of allylic oxidation sites excluding steroid dienone is 12. The first kappa shape index (κ1) is 90.5. The van der Waals surface area contributed by atoms with Crippen molar-refractivity contribution in [2.24, 2.45) is 0 Å². The molecule has 0 heterocycles. The summed E-state index contributed by atoms with van der Waals surface area (Å²) in [5, 5.41) is 10.6. The van der Waals surface area contributed by atoms with Crippen molar-refractivity contribution in [2.45, 2.75) is 341 Å². The minimum absolute atomic E-state index is 0.0770. The highest BCUT2D eigenvalue weighted by molar-refractivity contribution is 7.47. The van der Waals surface area contributed by atoms with E-state index in [2.05, 4.69) is 101 Å². The van der Waals surface area contributed by atoms with Gasteiger partial charge in [-0.25, -0.2) is 9.13 Å². The van der Waals surface area contributed by atoms with E-state index in [-0.39, 0.29) is 25.7 Å². The van der Waals surface area contributed by atoms with E-state index in [9.17, 15) is 43.2 Å². The minimum Gasteiger partial charge on any atom is -0.462 e. The Morgan fingerprint density at radius 1 is 0.309 bits per heavy atom. The molecule has 0 aromatic heterocycles. The highest BCUT2D eigenvalue weighted by Crippen LogP contribution is 2.45. The smallest absolute Gasteiger partial charge is 0.462 e. The van der Waals surface area contributed by atoms with E-state index in [1.807, 2.05) is 0 Å². The molecule has 0 aliphatic rings. The van der Waals surface area contributed by atoms with Gasteiger partial charge in [0.2, 0.25) is 0 Å². The Hall–Kier alpha value is -3.50. The third-order valence-corrected chi connectivity index (χ3v) is 17.6. The zero-order valence-corrected chi connectivity index (χ0v) is 61.2. The molecule has 17 nitrogen and oxygen atoms in total. The lowest BCUT2D eigenvalue weighted by molar-refractivity contribution is -0.161. The number of hydrogen-bond acceptors (Lipinski definition) is 15. The third kappa shape index (κ3) is 67.1. The molecule has 19 heteroatoms. The number of phosphoric ester groups is 2. The molecule has 0 saturated heterocycles. The molecule has 3 N–H and O–H groups in total. The monoisotopic (exact) mass is 1370 g/mol. The Morgan fingerprint density at radius 2 is 0.553 bits per heavy atom. The van der Waals surface area contributed by atoms with Crippen LogP contribution in [0.4, 0.5) is 0 Å². The maximum Gasteiger partial charge on any atom is 0.472 e. The van der Waals surface area contributed by atoms with E-state index >= 15 is 0 Å². The maximum atomic E-state index is 13.1. The molecule has 0 aromatic carbocycles. The predicted molar refractivity (Wildman–Crippen MR) is 381 cm³/mol. The van der Waals surface area contributed by atoms with E-state index < -0.39 is 97.5 Å². The lowest BCUT2D eigenvalue weighted by Gasteiger charge is -2.21. The number of carbonyl (C=O) groups is 4. The van der Waals surface area contributed by atoms with Crippen LogP contribution in [0.5, 0.6) is 0 Å². The molecular weight excluding hydrogens is 1230 g/mol. The topological polar surface area (TPSA) is 237 Å². The summed E-state index contributed by atoms with van der Waals surface area (Å²) in [7, 11) is -9.94. The zero-order valence-electron chi connectivity index (χ0n) is 59.4. The van der Waals surface area contributed by atoms with Gasteiger partial charge in [-0.1, -0.05) is 255 Å². The molecule has 5 unspecified atom stereocenters. The minimum atomic E-state index is -4.97. The number of rotatable bonds is 70. The second-order valence-electron chi connectivity index (χ2n) is 24.9. The molecule has 0 radical (unpaired) electrons. The molecule has 94 heavy (non-hydrogen) atoms. The van der Waals surface area contributed by atoms with Crippen LogP contribution in [0, 0.1) is 0 Å². The molecule has 0 spiro atoms. The summed E-state index contributed by atoms with van der Waals surface area (Å²) in [5.41, 5.74) is 0. The standard InChI is InChI=1S/C75H134O17P2/c1-5-9-13-17-21-25-29-32-34-37-41-44-48-52-56-60-73(78)86-66-71(92-75(80)62-58-54-50-46-42-38-35-33-30-26-22-18-14-10-6-2)68-90-94(83,84)88-64-69(76)63-87-93(81,82)89-67-70(91-74(79)61-57-53-49-45-39-28-24-20-16-12-8-4)65-85-72(77)59-55-51-47-43-40-36-31-27-23-19-15-11-7-3/h9,13,21-22,25-27,31-35,69-71,76H,5-8,10-12,14-20,23-24,28-30,36-68H2,1-4H3,(H,81,82)(H,83,84)/b13-9-,25-21-,26-22-,31-27-,34-32-,35-33-. The Balaban J connectivity index is 5.34.